The topological polar surface area (TPSA) is 119 Å². The summed E-state index contributed by atoms with van der Waals surface area (Å²) >= 11 is 0. The highest BCUT2D eigenvalue weighted by atomic mass is 32.2. The highest BCUT2D eigenvalue weighted by molar-refractivity contribution is 7.90. The second-order valence-electron chi connectivity index (χ2n) is 8.75. The van der Waals surface area contributed by atoms with Gasteiger partial charge >= 0.3 is 6.03 Å². The average Bonchev–Trinajstić information content (AvgIpc) is 2.67. The lowest BCUT2D eigenvalue weighted by molar-refractivity contribution is 0.0783. The Balaban J connectivity index is 2.44. The highest BCUT2D eigenvalue weighted by Gasteiger charge is 2.25. The van der Waals surface area contributed by atoms with Crippen LogP contribution in [0.15, 0.2) is 35.2 Å². The highest BCUT2D eigenvalue weighted by Crippen LogP contribution is 2.33. The van der Waals surface area contributed by atoms with Gasteiger partial charge in [-0.1, -0.05) is 27.7 Å². The van der Waals surface area contributed by atoms with Crippen molar-refractivity contribution in [3.63, 3.8) is 0 Å². The number of sulfonamides is 1. The average molecular weight is 462 g/mol. The molecule has 0 saturated heterocycles. The minimum Gasteiger partial charge on any atom is -0.386 e. The lowest BCUT2D eigenvalue weighted by Gasteiger charge is -2.21. The molecule has 172 valence electrons. The van der Waals surface area contributed by atoms with Gasteiger partial charge in [-0.15, -0.1) is 0 Å². The smallest absolute Gasteiger partial charge is 0.333 e. The summed E-state index contributed by atoms with van der Waals surface area (Å²) in [6.45, 7) is 10.3. The first-order valence-corrected chi connectivity index (χ1v) is 11.6. The van der Waals surface area contributed by atoms with Crippen LogP contribution in [0.25, 0.3) is 0 Å². The van der Waals surface area contributed by atoms with Gasteiger partial charge in [0.25, 0.3) is 10.0 Å². The summed E-state index contributed by atoms with van der Waals surface area (Å²) in [5.74, 6) is -0.697. The Morgan fingerprint density at radius 1 is 1.06 bits per heavy atom. The second-order valence-corrected chi connectivity index (χ2v) is 10.4. The van der Waals surface area contributed by atoms with Gasteiger partial charge in [-0.05, 0) is 72.7 Å². The van der Waals surface area contributed by atoms with E-state index in [1.807, 2.05) is 38.5 Å². The lowest BCUT2D eigenvalue weighted by atomic mass is 9.92. The molecule has 3 N–H and O–H groups in total. The van der Waals surface area contributed by atoms with Crippen LogP contribution in [-0.2, 0) is 15.6 Å². The summed E-state index contributed by atoms with van der Waals surface area (Å²) in [5.41, 5.74) is 0.264. The predicted molar refractivity (Wildman–Crippen MR) is 120 cm³/mol. The molecular formula is C23H28FN3O4S. The van der Waals surface area contributed by atoms with Crippen LogP contribution >= 0.6 is 0 Å². The monoisotopic (exact) mass is 461 g/mol. The molecule has 0 atom stereocenters. The molecule has 0 radical (unpaired) electrons. The summed E-state index contributed by atoms with van der Waals surface area (Å²) in [4.78, 5) is 12.3. The zero-order valence-electron chi connectivity index (χ0n) is 18.9. The van der Waals surface area contributed by atoms with E-state index in [4.69, 9.17) is 0 Å². The molecule has 0 aliphatic rings. The molecule has 9 heteroatoms. The Kier molecular flexibility index (Phi) is 7.33. The number of urea groups is 1. The van der Waals surface area contributed by atoms with Crippen molar-refractivity contribution in [1.29, 1.82) is 5.26 Å². The number of benzene rings is 2. The number of anilines is 1. The van der Waals surface area contributed by atoms with Gasteiger partial charge in [-0.2, -0.15) is 5.26 Å². The lowest BCUT2D eigenvalue weighted by Crippen LogP contribution is -2.35. The third-order valence-electron chi connectivity index (χ3n) is 4.93. The van der Waals surface area contributed by atoms with Crippen molar-refractivity contribution in [1.82, 2.24) is 4.72 Å². The number of amides is 2. The molecule has 0 aliphatic carbocycles. The molecule has 0 spiro atoms. The van der Waals surface area contributed by atoms with Gasteiger partial charge in [0.15, 0.2) is 0 Å². The van der Waals surface area contributed by atoms with E-state index in [2.05, 4.69) is 5.32 Å². The number of nitrogens with zero attached hydrogens (tertiary/aromatic N) is 1. The molecule has 0 fully saturated rings. The van der Waals surface area contributed by atoms with Crippen LogP contribution in [0.4, 0.5) is 14.9 Å². The van der Waals surface area contributed by atoms with Crippen molar-refractivity contribution in [2.75, 3.05) is 5.32 Å². The Bertz CT molecular complexity index is 1150. The first-order chi connectivity index (χ1) is 14.7. The molecular weight excluding hydrogens is 433 g/mol. The fraction of sp³-hybridized carbons (Fsp3) is 0.391. The number of hydrogen-bond acceptors (Lipinski definition) is 5. The van der Waals surface area contributed by atoms with Crippen LogP contribution in [0, 0.1) is 17.1 Å². The van der Waals surface area contributed by atoms with Crippen molar-refractivity contribution in [3.8, 4) is 6.07 Å². The minimum atomic E-state index is -4.37. The van der Waals surface area contributed by atoms with Crippen molar-refractivity contribution in [2.45, 2.75) is 63.9 Å². The van der Waals surface area contributed by atoms with E-state index in [1.165, 1.54) is 38.1 Å². The van der Waals surface area contributed by atoms with Gasteiger partial charge in [-0.25, -0.2) is 22.3 Å². The molecule has 0 saturated carbocycles. The fourth-order valence-electron chi connectivity index (χ4n) is 3.20. The first kappa shape index (κ1) is 25.3. The first-order valence-electron chi connectivity index (χ1n) is 10.1. The number of rotatable bonds is 6. The van der Waals surface area contributed by atoms with Crippen molar-refractivity contribution in [3.05, 3.63) is 58.4 Å². The molecule has 32 heavy (non-hydrogen) atoms. The van der Waals surface area contributed by atoms with Crippen molar-refractivity contribution < 1.29 is 22.7 Å². The number of hydrogen-bond donors (Lipinski definition) is 3. The Morgan fingerprint density at radius 3 is 2.03 bits per heavy atom. The van der Waals surface area contributed by atoms with Crippen LogP contribution in [0.3, 0.4) is 0 Å². The normalized spacial score (nSPS) is 12.0. The number of nitrogens with one attached hydrogen (secondary N) is 2. The number of aliphatic hydroxyl groups is 1. The van der Waals surface area contributed by atoms with E-state index in [-0.39, 0.29) is 27.9 Å². The maximum atomic E-state index is 14.1. The van der Waals surface area contributed by atoms with Crippen LogP contribution in [0.2, 0.25) is 0 Å². The molecule has 2 aromatic carbocycles. The quantitative estimate of drug-likeness (QED) is 0.577. The van der Waals surface area contributed by atoms with Crippen LogP contribution < -0.4 is 10.0 Å². The van der Waals surface area contributed by atoms with Crippen LogP contribution in [0.1, 0.15) is 75.6 Å². The van der Waals surface area contributed by atoms with Crippen molar-refractivity contribution in [2.24, 2.45) is 0 Å². The zero-order valence-corrected chi connectivity index (χ0v) is 19.8. The van der Waals surface area contributed by atoms with Gasteiger partial charge in [0.05, 0.1) is 22.1 Å². The van der Waals surface area contributed by atoms with E-state index in [9.17, 15) is 28.0 Å². The standard InChI is InChI=1S/C23H28FN3O4S/c1-13(2)19-10-17(24)11-20(14(3)4)21(19)26-22(28)27-32(30,31)18-8-15(12-25)7-16(9-18)23(5,6)29/h7-11,13-14,29H,1-6H3,(H2,26,27,28). The molecule has 0 heterocycles. The van der Waals surface area contributed by atoms with E-state index in [1.54, 1.807) is 0 Å². The second kappa shape index (κ2) is 9.27. The molecule has 0 bridgehead atoms. The summed E-state index contributed by atoms with van der Waals surface area (Å²) < 4.78 is 41.7. The SMILES string of the molecule is CC(C)c1cc(F)cc(C(C)C)c1NC(=O)NS(=O)(=O)c1cc(C#N)cc(C(C)(C)O)c1. The molecule has 0 aromatic heterocycles. The van der Waals surface area contributed by atoms with Crippen LogP contribution in [-0.4, -0.2) is 19.6 Å². The van der Waals surface area contributed by atoms with Gasteiger partial charge < -0.3 is 10.4 Å². The van der Waals surface area contributed by atoms with E-state index >= 15 is 0 Å². The Hall–Kier alpha value is -2.96. The molecule has 2 amide bonds. The Labute approximate surface area is 188 Å². The molecule has 0 aliphatic heterocycles. The van der Waals surface area contributed by atoms with Gasteiger partial charge in [0.1, 0.15) is 5.82 Å². The zero-order chi connectivity index (χ0) is 24.4. The predicted octanol–water partition coefficient (Wildman–Crippen LogP) is 4.68. The molecule has 2 aromatic rings. The third-order valence-corrected chi connectivity index (χ3v) is 6.24. The van der Waals surface area contributed by atoms with E-state index < -0.39 is 27.5 Å². The summed E-state index contributed by atoms with van der Waals surface area (Å²) in [5, 5.41) is 22.0. The number of nitriles is 1. The molecule has 7 nitrogen and oxygen atoms in total. The summed E-state index contributed by atoms with van der Waals surface area (Å²) in [7, 11) is -4.37. The third kappa shape index (κ3) is 5.84. The Morgan fingerprint density at radius 2 is 1.59 bits per heavy atom. The van der Waals surface area contributed by atoms with Crippen LogP contribution in [0.5, 0.6) is 0 Å². The fourth-order valence-corrected chi connectivity index (χ4v) is 4.17. The number of carbonyl (C=O) groups excluding carboxylic acids is 1. The molecule has 2 rings (SSSR count). The largest absolute Gasteiger partial charge is 0.386 e. The maximum absolute atomic E-state index is 14.1. The van der Waals surface area contributed by atoms with E-state index in [0.29, 0.717) is 16.8 Å². The summed E-state index contributed by atoms with van der Waals surface area (Å²) in [6.07, 6.45) is 0. The number of halogens is 1. The van der Waals surface area contributed by atoms with Gasteiger partial charge in [0, 0.05) is 5.69 Å². The number of carbonyl (C=O) groups is 1. The van der Waals surface area contributed by atoms with E-state index in [0.717, 1.165) is 6.07 Å². The summed E-state index contributed by atoms with van der Waals surface area (Å²) in [6, 6.07) is 7.15. The van der Waals surface area contributed by atoms with Gasteiger partial charge in [-0.3, -0.25) is 0 Å². The van der Waals surface area contributed by atoms with Gasteiger partial charge in [0.2, 0.25) is 0 Å². The molecule has 0 unspecified atom stereocenters. The maximum Gasteiger partial charge on any atom is 0.333 e. The van der Waals surface area contributed by atoms with Crippen molar-refractivity contribution >= 4 is 21.7 Å². The minimum absolute atomic E-state index is 0.0214.